The molecule has 0 fully saturated rings. The number of phenolic OH excluding ortho intramolecular Hbond substituents is 1. The van der Waals surface area contributed by atoms with E-state index in [1.807, 2.05) is 25.7 Å². The van der Waals surface area contributed by atoms with Crippen LogP contribution >= 0.6 is 0 Å². The van der Waals surface area contributed by atoms with Crippen LogP contribution in [0.2, 0.25) is 0 Å². The lowest BCUT2D eigenvalue weighted by Crippen LogP contribution is -2.37. The lowest BCUT2D eigenvalue weighted by molar-refractivity contribution is -0.153. The molecule has 1 aromatic carbocycles. The standard InChI is InChI=1S/C16H21NO4/c1-16(2,3)21-15(20)9-17-6-4-5-11-7-12(10-18)14(19)8-13(11)17/h7-8,10,19H,4-6,9H2,1-3H3. The predicted octanol–water partition coefficient (Wildman–Crippen LogP) is 2.30. The molecule has 5 heteroatoms. The van der Waals surface area contributed by atoms with Crippen molar-refractivity contribution in [2.24, 2.45) is 0 Å². The average Bonchev–Trinajstić information content (AvgIpc) is 2.36. The fraction of sp³-hybridized carbons (Fsp3) is 0.500. The molecule has 21 heavy (non-hydrogen) atoms. The molecule has 1 heterocycles. The number of anilines is 1. The highest BCUT2D eigenvalue weighted by Gasteiger charge is 2.24. The van der Waals surface area contributed by atoms with Gasteiger partial charge in [-0.3, -0.25) is 9.59 Å². The van der Waals surface area contributed by atoms with Crippen LogP contribution in [0.25, 0.3) is 0 Å². The summed E-state index contributed by atoms with van der Waals surface area (Å²) in [5.74, 6) is -0.353. The van der Waals surface area contributed by atoms with E-state index in [2.05, 4.69) is 0 Å². The molecule has 0 bridgehead atoms. The van der Waals surface area contributed by atoms with Gasteiger partial charge in [-0.15, -0.1) is 0 Å². The van der Waals surface area contributed by atoms with E-state index in [1.54, 1.807) is 12.1 Å². The van der Waals surface area contributed by atoms with Gasteiger partial charge in [0.05, 0.1) is 5.56 Å². The number of aldehydes is 1. The largest absolute Gasteiger partial charge is 0.507 e. The normalized spacial score (nSPS) is 14.5. The first kappa shape index (κ1) is 15.4. The van der Waals surface area contributed by atoms with Crippen LogP contribution in [0.1, 0.15) is 43.1 Å². The summed E-state index contributed by atoms with van der Waals surface area (Å²) in [6.45, 7) is 6.36. The fourth-order valence-electron chi connectivity index (χ4n) is 2.50. The van der Waals surface area contributed by atoms with Crippen molar-refractivity contribution in [1.82, 2.24) is 0 Å². The Morgan fingerprint density at radius 3 is 2.76 bits per heavy atom. The van der Waals surface area contributed by atoms with E-state index in [-0.39, 0.29) is 23.8 Å². The number of benzene rings is 1. The molecule has 0 radical (unpaired) electrons. The van der Waals surface area contributed by atoms with E-state index >= 15 is 0 Å². The first-order valence-electron chi connectivity index (χ1n) is 7.08. The van der Waals surface area contributed by atoms with Gasteiger partial charge in [-0.1, -0.05) is 0 Å². The smallest absolute Gasteiger partial charge is 0.326 e. The number of hydrogen-bond acceptors (Lipinski definition) is 5. The number of carbonyl (C=O) groups excluding carboxylic acids is 2. The molecule has 0 amide bonds. The van der Waals surface area contributed by atoms with Gasteiger partial charge >= 0.3 is 5.97 Å². The lowest BCUT2D eigenvalue weighted by atomic mass is 9.99. The Bertz CT molecular complexity index is 560. The van der Waals surface area contributed by atoms with E-state index in [1.165, 1.54) is 0 Å². The first-order chi connectivity index (χ1) is 9.80. The zero-order chi connectivity index (χ0) is 15.6. The monoisotopic (exact) mass is 291 g/mol. The number of hydrogen-bond donors (Lipinski definition) is 1. The minimum atomic E-state index is -0.515. The van der Waals surface area contributed by atoms with Crippen LogP contribution in [0.5, 0.6) is 5.75 Å². The summed E-state index contributed by atoms with van der Waals surface area (Å²) in [4.78, 5) is 24.7. The summed E-state index contributed by atoms with van der Waals surface area (Å²) in [7, 11) is 0. The first-order valence-corrected chi connectivity index (χ1v) is 7.08. The van der Waals surface area contributed by atoms with Crippen LogP contribution in [-0.2, 0) is 16.0 Å². The van der Waals surface area contributed by atoms with E-state index in [0.29, 0.717) is 6.29 Å². The number of ether oxygens (including phenoxy) is 1. The molecule has 1 aliphatic rings. The fourth-order valence-corrected chi connectivity index (χ4v) is 2.50. The van der Waals surface area contributed by atoms with Gasteiger partial charge in [-0.05, 0) is 45.2 Å². The number of phenols is 1. The maximum Gasteiger partial charge on any atom is 0.326 e. The number of rotatable bonds is 3. The molecule has 1 N–H and O–H groups in total. The van der Waals surface area contributed by atoms with Crippen LogP contribution in [-0.4, -0.2) is 36.1 Å². The molecule has 0 spiro atoms. The van der Waals surface area contributed by atoms with Crippen LogP contribution in [0, 0.1) is 0 Å². The van der Waals surface area contributed by atoms with Crippen molar-refractivity contribution in [1.29, 1.82) is 0 Å². The van der Waals surface area contributed by atoms with Gasteiger partial charge in [0.1, 0.15) is 17.9 Å². The van der Waals surface area contributed by atoms with E-state index in [0.717, 1.165) is 30.6 Å². The van der Waals surface area contributed by atoms with Gasteiger partial charge in [0.25, 0.3) is 0 Å². The Balaban J connectivity index is 2.20. The van der Waals surface area contributed by atoms with Crippen molar-refractivity contribution in [2.75, 3.05) is 18.0 Å². The summed E-state index contributed by atoms with van der Waals surface area (Å²) in [6, 6.07) is 3.25. The molecule has 1 aliphatic heterocycles. The molecule has 0 unspecified atom stereocenters. The van der Waals surface area contributed by atoms with Crippen LogP contribution in [0.3, 0.4) is 0 Å². The molecule has 1 aromatic rings. The zero-order valence-electron chi connectivity index (χ0n) is 12.7. The molecule has 5 nitrogen and oxygen atoms in total. The quantitative estimate of drug-likeness (QED) is 0.683. The Hall–Kier alpha value is -2.04. The number of carbonyl (C=O) groups is 2. The zero-order valence-corrected chi connectivity index (χ0v) is 12.7. The van der Waals surface area contributed by atoms with Crippen molar-refractivity contribution in [2.45, 2.75) is 39.2 Å². The molecule has 0 aliphatic carbocycles. The van der Waals surface area contributed by atoms with Gasteiger partial charge in [-0.25, -0.2) is 0 Å². The average molecular weight is 291 g/mol. The lowest BCUT2D eigenvalue weighted by Gasteiger charge is -2.32. The van der Waals surface area contributed by atoms with Crippen molar-refractivity contribution >= 4 is 17.9 Å². The molecule has 0 saturated heterocycles. The van der Waals surface area contributed by atoms with Crippen molar-refractivity contribution < 1.29 is 19.4 Å². The van der Waals surface area contributed by atoms with Crippen molar-refractivity contribution in [3.05, 3.63) is 23.3 Å². The summed E-state index contributed by atoms with van der Waals surface area (Å²) < 4.78 is 5.33. The maximum atomic E-state index is 12.0. The maximum absolute atomic E-state index is 12.0. The molecule has 0 aromatic heterocycles. The molecule has 0 saturated carbocycles. The summed E-state index contributed by atoms with van der Waals surface area (Å²) in [5, 5.41) is 9.83. The molecule has 114 valence electrons. The minimum absolute atomic E-state index is 0.0557. The number of esters is 1. The van der Waals surface area contributed by atoms with Crippen LogP contribution in [0.15, 0.2) is 12.1 Å². The second-order valence-corrected chi connectivity index (χ2v) is 6.27. The van der Waals surface area contributed by atoms with Gasteiger partial charge in [0, 0.05) is 18.3 Å². The molecular formula is C16H21NO4. The SMILES string of the molecule is CC(C)(C)OC(=O)CN1CCCc2cc(C=O)c(O)cc21. The second kappa shape index (κ2) is 5.76. The van der Waals surface area contributed by atoms with Crippen LogP contribution < -0.4 is 4.90 Å². The summed E-state index contributed by atoms with van der Waals surface area (Å²) in [5.41, 5.74) is 1.55. The van der Waals surface area contributed by atoms with Gasteiger partial charge in [0.15, 0.2) is 6.29 Å². The predicted molar refractivity (Wildman–Crippen MR) is 79.9 cm³/mol. The topological polar surface area (TPSA) is 66.8 Å². The third kappa shape index (κ3) is 3.74. The van der Waals surface area contributed by atoms with Gasteiger partial charge in [0.2, 0.25) is 0 Å². The van der Waals surface area contributed by atoms with Gasteiger partial charge < -0.3 is 14.7 Å². The molecular weight excluding hydrogens is 270 g/mol. The Labute approximate surface area is 124 Å². The van der Waals surface area contributed by atoms with E-state index in [9.17, 15) is 14.7 Å². The second-order valence-electron chi connectivity index (χ2n) is 6.27. The highest BCUT2D eigenvalue weighted by Crippen LogP contribution is 2.32. The third-order valence-electron chi connectivity index (χ3n) is 3.31. The Morgan fingerprint density at radius 1 is 1.43 bits per heavy atom. The van der Waals surface area contributed by atoms with Gasteiger partial charge in [-0.2, -0.15) is 0 Å². The molecule has 2 rings (SSSR count). The number of nitrogens with zero attached hydrogens (tertiary/aromatic N) is 1. The number of fused-ring (bicyclic) bond motifs is 1. The number of aryl methyl sites for hydroxylation is 1. The summed E-state index contributed by atoms with van der Waals surface area (Å²) >= 11 is 0. The van der Waals surface area contributed by atoms with E-state index < -0.39 is 5.60 Å². The highest BCUT2D eigenvalue weighted by atomic mass is 16.6. The Morgan fingerprint density at radius 2 is 2.14 bits per heavy atom. The van der Waals surface area contributed by atoms with Crippen molar-refractivity contribution in [3.8, 4) is 5.75 Å². The van der Waals surface area contributed by atoms with Crippen molar-refractivity contribution in [3.63, 3.8) is 0 Å². The Kier molecular flexibility index (Phi) is 4.21. The highest BCUT2D eigenvalue weighted by molar-refractivity contribution is 5.83. The summed E-state index contributed by atoms with van der Waals surface area (Å²) in [6.07, 6.45) is 2.38. The third-order valence-corrected chi connectivity index (χ3v) is 3.31. The minimum Gasteiger partial charge on any atom is -0.507 e. The number of aromatic hydroxyl groups is 1. The molecule has 0 atom stereocenters. The van der Waals surface area contributed by atoms with Crippen LogP contribution in [0.4, 0.5) is 5.69 Å². The van der Waals surface area contributed by atoms with E-state index in [4.69, 9.17) is 4.74 Å².